The SMILES string of the molecule is NC(=O)CCN(C(=O)COC(=O)c1nc(Cl)c(Cl)c(N)c1Cl)c1ccc(F)cc1. The van der Waals surface area contributed by atoms with E-state index in [2.05, 4.69) is 4.98 Å². The first-order chi connectivity index (χ1) is 13.6. The lowest BCUT2D eigenvalue weighted by atomic mass is 10.2. The first-order valence-electron chi connectivity index (χ1n) is 7.93. The van der Waals surface area contributed by atoms with Crippen LogP contribution in [-0.4, -0.2) is 35.9 Å². The molecule has 12 heteroatoms. The number of rotatable bonds is 7. The van der Waals surface area contributed by atoms with E-state index in [1.54, 1.807) is 0 Å². The van der Waals surface area contributed by atoms with E-state index in [0.29, 0.717) is 0 Å². The Balaban J connectivity index is 2.16. The van der Waals surface area contributed by atoms with Crippen molar-refractivity contribution in [3.05, 3.63) is 51.0 Å². The topological polar surface area (TPSA) is 129 Å². The number of carbonyl (C=O) groups is 3. The molecule has 0 radical (unpaired) electrons. The molecule has 0 bridgehead atoms. The maximum Gasteiger partial charge on any atom is 0.359 e. The lowest BCUT2D eigenvalue weighted by Crippen LogP contribution is -2.37. The van der Waals surface area contributed by atoms with E-state index < -0.39 is 35.9 Å². The van der Waals surface area contributed by atoms with Crippen LogP contribution < -0.4 is 16.4 Å². The van der Waals surface area contributed by atoms with Crippen molar-refractivity contribution in [2.24, 2.45) is 5.73 Å². The molecule has 1 aromatic heterocycles. The number of pyridine rings is 1. The van der Waals surface area contributed by atoms with E-state index in [4.69, 9.17) is 51.0 Å². The lowest BCUT2D eigenvalue weighted by Gasteiger charge is -2.22. The smallest absolute Gasteiger partial charge is 0.359 e. The fourth-order valence-corrected chi connectivity index (χ4v) is 2.77. The number of hydrogen-bond acceptors (Lipinski definition) is 6. The van der Waals surface area contributed by atoms with Gasteiger partial charge in [-0.25, -0.2) is 14.2 Å². The number of benzene rings is 1. The molecular weight excluding hydrogens is 450 g/mol. The van der Waals surface area contributed by atoms with Gasteiger partial charge in [0.05, 0.1) is 10.7 Å². The molecule has 2 aromatic rings. The maximum atomic E-state index is 13.1. The number of amides is 2. The average Bonchev–Trinajstić information content (AvgIpc) is 2.68. The summed E-state index contributed by atoms with van der Waals surface area (Å²) >= 11 is 17.5. The van der Waals surface area contributed by atoms with Crippen LogP contribution in [0.2, 0.25) is 15.2 Å². The van der Waals surface area contributed by atoms with E-state index in [-0.39, 0.29) is 39.5 Å². The second kappa shape index (κ2) is 9.73. The monoisotopic (exact) mass is 462 g/mol. The van der Waals surface area contributed by atoms with Crippen molar-refractivity contribution in [1.29, 1.82) is 0 Å². The molecule has 0 unspecified atom stereocenters. The number of aromatic nitrogens is 1. The highest BCUT2D eigenvalue weighted by Gasteiger charge is 2.23. The Morgan fingerprint density at radius 2 is 1.72 bits per heavy atom. The zero-order valence-electron chi connectivity index (χ0n) is 14.6. The summed E-state index contributed by atoms with van der Waals surface area (Å²) in [7, 11) is 0. The van der Waals surface area contributed by atoms with Crippen LogP contribution in [0.25, 0.3) is 0 Å². The molecule has 4 N–H and O–H groups in total. The second-order valence-electron chi connectivity index (χ2n) is 5.61. The number of carbonyl (C=O) groups excluding carboxylic acids is 3. The van der Waals surface area contributed by atoms with Crippen molar-refractivity contribution in [2.45, 2.75) is 6.42 Å². The molecule has 2 amide bonds. The van der Waals surface area contributed by atoms with E-state index in [0.717, 1.165) is 17.0 Å². The largest absolute Gasteiger partial charge is 0.451 e. The van der Waals surface area contributed by atoms with Crippen LogP contribution in [0.4, 0.5) is 15.8 Å². The van der Waals surface area contributed by atoms with Crippen LogP contribution >= 0.6 is 34.8 Å². The van der Waals surface area contributed by atoms with E-state index in [9.17, 15) is 18.8 Å². The number of primary amides is 1. The number of ether oxygens (including phenoxy) is 1. The van der Waals surface area contributed by atoms with Gasteiger partial charge < -0.3 is 21.1 Å². The molecule has 1 aromatic carbocycles. The van der Waals surface area contributed by atoms with Crippen LogP contribution in [0.15, 0.2) is 24.3 Å². The number of nitrogens with two attached hydrogens (primary N) is 2. The first-order valence-corrected chi connectivity index (χ1v) is 9.06. The van der Waals surface area contributed by atoms with Crippen LogP contribution in [0.3, 0.4) is 0 Å². The van der Waals surface area contributed by atoms with Gasteiger partial charge in [0.2, 0.25) is 5.91 Å². The van der Waals surface area contributed by atoms with Gasteiger partial charge in [-0.15, -0.1) is 0 Å². The zero-order valence-corrected chi connectivity index (χ0v) is 16.9. The molecule has 1 heterocycles. The van der Waals surface area contributed by atoms with Gasteiger partial charge in [-0.2, -0.15) is 0 Å². The molecule has 2 rings (SSSR count). The highest BCUT2D eigenvalue weighted by Crippen LogP contribution is 2.34. The molecule has 8 nitrogen and oxygen atoms in total. The predicted molar refractivity (Wildman–Crippen MR) is 107 cm³/mol. The summed E-state index contributed by atoms with van der Waals surface area (Å²) < 4.78 is 18.1. The van der Waals surface area contributed by atoms with E-state index in [1.807, 2.05) is 0 Å². The second-order valence-corrected chi connectivity index (χ2v) is 6.72. The maximum absolute atomic E-state index is 13.1. The molecule has 0 aliphatic rings. The third kappa shape index (κ3) is 5.69. The predicted octanol–water partition coefficient (Wildman–Crippen LogP) is 2.83. The Bertz CT molecular complexity index is 957. The summed E-state index contributed by atoms with van der Waals surface area (Å²) in [6.45, 7) is -0.830. The molecule has 29 heavy (non-hydrogen) atoms. The third-order valence-electron chi connectivity index (χ3n) is 3.61. The Labute approximate surface area is 179 Å². The van der Waals surface area contributed by atoms with Gasteiger partial charge in [0.1, 0.15) is 10.8 Å². The summed E-state index contributed by atoms with van der Waals surface area (Å²) in [6, 6.07) is 4.92. The van der Waals surface area contributed by atoms with Crippen molar-refractivity contribution in [3.63, 3.8) is 0 Å². The van der Waals surface area contributed by atoms with Gasteiger partial charge in [0.15, 0.2) is 17.5 Å². The van der Waals surface area contributed by atoms with Gasteiger partial charge >= 0.3 is 5.97 Å². The van der Waals surface area contributed by atoms with Crippen molar-refractivity contribution in [1.82, 2.24) is 4.98 Å². The summed E-state index contributed by atoms with van der Waals surface area (Å²) in [6.07, 6.45) is -0.159. The van der Waals surface area contributed by atoms with Gasteiger partial charge in [-0.1, -0.05) is 34.8 Å². The molecule has 0 saturated carbocycles. The van der Waals surface area contributed by atoms with Gasteiger partial charge in [-0.05, 0) is 24.3 Å². The molecule has 0 saturated heterocycles. The van der Waals surface area contributed by atoms with Crippen LogP contribution in [0.5, 0.6) is 0 Å². The fourth-order valence-electron chi connectivity index (χ4n) is 2.18. The van der Waals surface area contributed by atoms with Crippen LogP contribution in [0, 0.1) is 5.82 Å². The molecule has 0 spiro atoms. The van der Waals surface area contributed by atoms with Crippen molar-refractivity contribution < 1.29 is 23.5 Å². The van der Waals surface area contributed by atoms with Gasteiger partial charge in [0, 0.05) is 18.7 Å². The number of nitrogen functional groups attached to an aromatic ring is 1. The Morgan fingerprint density at radius 1 is 1.10 bits per heavy atom. The quantitative estimate of drug-likeness (QED) is 0.480. The van der Waals surface area contributed by atoms with Crippen molar-refractivity contribution in [3.8, 4) is 0 Å². The van der Waals surface area contributed by atoms with Crippen molar-refractivity contribution in [2.75, 3.05) is 23.8 Å². The third-order valence-corrected chi connectivity index (χ3v) is 4.75. The lowest BCUT2D eigenvalue weighted by molar-refractivity contribution is -0.121. The number of nitrogens with zero attached hydrogens (tertiary/aromatic N) is 2. The minimum Gasteiger partial charge on any atom is -0.451 e. The summed E-state index contributed by atoms with van der Waals surface area (Å²) in [5.41, 5.74) is 10.4. The Kier molecular flexibility index (Phi) is 7.60. The minimum absolute atomic E-state index is 0.101. The minimum atomic E-state index is -1.07. The number of esters is 1. The molecule has 154 valence electrons. The first kappa shape index (κ1) is 22.7. The number of hydrogen-bond donors (Lipinski definition) is 2. The molecule has 0 aliphatic carbocycles. The fraction of sp³-hybridized carbons (Fsp3) is 0.176. The van der Waals surface area contributed by atoms with E-state index >= 15 is 0 Å². The molecular formula is C17H14Cl3FN4O4. The number of anilines is 2. The summed E-state index contributed by atoms with van der Waals surface area (Å²) in [4.78, 5) is 40.7. The number of halogens is 4. The highest BCUT2D eigenvalue weighted by molar-refractivity contribution is 6.46. The van der Waals surface area contributed by atoms with E-state index in [1.165, 1.54) is 12.1 Å². The van der Waals surface area contributed by atoms with Crippen LogP contribution in [0.1, 0.15) is 16.9 Å². The van der Waals surface area contributed by atoms with Gasteiger partial charge in [-0.3, -0.25) is 9.59 Å². The highest BCUT2D eigenvalue weighted by atomic mass is 35.5. The van der Waals surface area contributed by atoms with Crippen molar-refractivity contribution >= 4 is 64.0 Å². The standard InChI is InChI=1S/C17H14Cl3FN4O4/c18-12-14(23)13(19)16(20)24-15(12)17(28)29-7-11(27)25(6-5-10(22)26)9-3-1-8(21)2-4-9/h1-4H,5-7H2,(H2,22,26)(H2,23,24). The Hall–Kier alpha value is -2.62. The van der Waals surface area contributed by atoms with Crippen LogP contribution in [-0.2, 0) is 14.3 Å². The summed E-state index contributed by atoms with van der Waals surface area (Å²) in [5, 5.41) is -0.666. The normalized spacial score (nSPS) is 10.5. The molecule has 0 fully saturated rings. The van der Waals surface area contributed by atoms with Gasteiger partial charge in [0.25, 0.3) is 5.91 Å². The molecule has 0 atom stereocenters. The summed E-state index contributed by atoms with van der Waals surface area (Å²) in [5.74, 6) is -2.93. The Morgan fingerprint density at radius 3 is 2.31 bits per heavy atom. The average molecular weight is 464 g/mol. The zero-order chi connectivity index (χ0) is 21.7. The molecule has 0 aliphatic heterocycles.